The molecule has 1 aliphatic heterocycles. The lowest BCUT2D eigenvalue weighted by Crippen LogP contribution is -2.43. The molecule has 158 valence electrons. The molecule has 0 aromatic heterocycles. The van der Waals surface area contributed by atoms with Gasteiger partial charge in [0.15, 0.2) is 0 Å². The topological polar surface area (TPSA) is 45.2 Å². The molecular formula is C23H31FN2O3. The number of methoxy groups -OCH3 is 1. The molecule has 1 saturated heterocycles. The van der Waals surface area contributed by atoms with E-state index >= 15 is 0 Å². The third-order valence-electron chi connectivity index (χ3n) is 5.26. The number of β-amino-alcohol motifs (C(OH)–C–C–N with tert-alkyl or cyclic N) is 1. The van der Waals surface area contributed by atoms with Crippen LogP contribution in [0.4, 0.5) is 4.39 Å². The van der Waals surface area contributed by atoms with E-state index in [2.05, 4.69) is 21.9 Å². The van der Waals surface area contributed by atoms with E-state index in [0.717, 1.165) is 37.4 Å². The molecule has 3 rings (SSSR count). The molecule has 2 aromatic carbocycles. The molecule has 1 heterocycles. The molecular weight excluding hydrogens is 371 g/mol. The van der Waals surface area contributed by atoms with Gasteiger partial charge in [-0.05, 0) is 48.9 Å². The van der Waals surface area contributed by atoms with Crippen molar-refractivity contribution in [1.29, 1.82) is 0 Å². The van der Waals surface area contributed by atoms with Crippen molar-refractivity contribution in [2.75, 3.05) is 47.1 Å². The predicted molar refractivity (Wildman–Crippen MR) is 112 cm³/mol. The first-order valence-electron chi connectivity index (χ1n) is 10.0. The molecule has 6 heteroatoms. The summed E-state index contributed by atoms with van der Waals surface area (Å²) in [4.78, 5) is 4.45. The minimum atomic E-state index is -0.703. The lowest BCUT2D eigenvalue weighted by Gasteiger charge is -2.29. The van der Waals surface area contributed by atoms with Gasteiger partial charge < -0.3 is 14.6 Å². The Kier molecular flexibility index (Phi) is 7.47. The van der Waals surface area contributed by atoms with E-state index in [-0.39, 0.29) is 6.61 Å². The van der Waals surface area contributed by atoms with E-state index in [9.17, 15) is 9.50 Å². The average Bonchev–Trinajstić information content (AvgIpc) is 3.07. The van der Waals surface area contributed by atoms with Gasteiger partial charge in [0.2, 0.25) is 0 Å². The lowest BCUT2D eigenvalue weighted by atomic mass is 10.0. The number of aliphatic hydroxyl groups is 1. The first-order valence-corrected chi connectivity index (χ1v) is 10.0. The number of hydrogen-bond donors (Lipinski definition) is 1. The zero-order valence-electron chi connectivity index (χ0n) is 17.3. The van der Waals surface area contributed by atoms with E-state index < -0.39 is 12.3 Å². The molecule has 0 amide bonds. The van der Waals surface area contributed by atoms with Gasteiger partial charge in [0, 0.05) is 32.7 Å². The van der Waals surface area contributed by atoms with Gasteiger partial charge in [0.1, 0.15) is 24.8 Å². The Bertz CT molecular complexity index is 754. The minimum absolute atomic E-state index is 0.0859. The van der Waals surface area contributed by atoms with Crippen molar-refractivity contribution in [2.45, 2.75) is 25.1 Å². The van der Waals surface area contributed by atoms with Gasteiger partial charge in [-0.3, -0.25) is 9.80 Å². The molecule has 0 radical (unpaired) electrons. The van der Waals surface area contributed by atoms with Gasteiger partial charge in [-0.15, -0.1) is 0 Å². The fourth-order valence-corrected chi connectivity index (χ4v) is 3.91. The van der Waals surface area contributed by atoms with Crippen molar-refractivity contribution >= 4 is 0 Å². The summed E-state index contributed by atoms with van der Waals surface area (Å²) in [6, 6.07) is 15.8. The summed E-state index contributed by atoms with van der Waals surface area (Å²) in [6.07, 6.45) is 0.762. The highest BCUT2D eigenvalue weighted by Crippen LogP contribution is 2.25. The monoisotopic (exact) mass is 402 g/mol. The fourth-order valence-electron chi connectivity index (χ4n) is 3.91. The smallest absolute Gasteiger partial charge is 0.123 e. The van der Waals surface area contributed by atoms with Crippen LogP contribution >= 0.6 is 0 Å². The summed E-state index contributed by atoms with van der Waals surface area (Å²) in [5.74, 6) is 1.54. The third-order valence-corrected chi connectivity index (χ3v) is 5.26. The van der Waals surface area contributed by atoms with Crippen molar-refractivity contribution in [3.05, 3.63) is 59.7 Å². The van der Waals surface area contributed by atoms with Crippen LogP contribution in [0.5, 0.6) is 11.5 Å². The van der Waals surface area contributed by atoms with Crippen LogP contribution in [0, 0.1) is 0 Å². The van der Waals surface area contributed by atoms with Crippen molar-refractivity contribution < 1.29 is 19.0 Å². The van der Waals surface area contributed by atoms with Crippen LogP contribution in [0.3, 0.4) is 0 Å². The number of likely N-dealkylation sites (tertiary alicyclic amines) is 1. The van der Waals surface area contributed by atoms with Crippen LogP contribution in [0.25, 0.3) is 0 Å². The summed E-state index contributed by atoms with van der Waals surface area (Å²) < 4.78 is 22.7. The van der Waals surface area contributed by atoms with Crippen molar-refractivity contribution in [3.8, 4) is 11.5 Å². The Morgan fingerprint density at radius 2 is 1.72 bits per heavy atom. The maximum atomic E-state index is 12.2. The molecule has 2 aromatic rings. The Hall–Kier alpha value is -2.15. The molecule has 1 atom stereocenters. The summed E-state index contributed by atoms with van der Waals surface area (Å²) in [6.45, 7) is 3.32. The van der Waals surface area contributed by atoms with Gasteiger partial charge >= 0.3 is 0 Å². The van der Waals surface area contributed by atoms with E-state index in [4.69, 9.17) is 9.47 Å². The second-order valence-electron chi connectivity index (χ2n) is 7.89. The first kappa shape index (κ1) is 21.6. The summed E-state index contributed by atoms with van der Waals surface area (Å²) in [5, 5.41) is 11.1. The summed E-state index contributed by atoms with van der Waals surface area (Å²) >= 11 is 0. The summed E-state index contributed by atoms with van der Waals surface area (Å²) in [7, 11) is 3.71. The normalized spacial score (nSPS) is 19.6. The molecule has 0 bridgehead atoms. The van der Waals surface area contributed by atoms with Crippen LogP contribution in [-0.4, -0.2) is 67.6 Å². The Morgan fingerprint density at radius 1 is 1.07 bits per heavy atom. The Balaban J connectivity index is 1.47. The molecule has 1 fully saturated rings. The van der Waals surface area contributed by atoms with Gasteiger partial charge in [0.05, 0.1) is 12.7 Å². The number of hydrogen-bond acceptors (Lipinski definition) is 5. The standard InChI is InChI=1S/C23H31FN2O3/c1-25(15-19-3-7-21(28-2)8-4-19)17-23(27)11-13-26(18-23)16-20-5-9-22(10-6-20)29-14-12-24/h3-10,27H,11-18H2,1-2H3/t23-/m1/s1. The zero-order valence-corrected chi connectivity index (χ0v) is 17.3. The molecule has 0 saturated carbocycles. The van der Waals surface area contributed by atoms with E-state index in [0.29, 0.717) is 18.8 Å². The highest BCUT2D eigenvalue weighted by atomic mass is 19.1. The molecule has 5 nitrogen and oxygen atoms in total. The van der Waals surface area contributed by atoms with E-state index in [1.165, 1.54) is 5.56 Å². The summed E-state index contributed by atoms with van der Waals surface area (Å²) in [5.41, 5.74) is 1.65. The van der Waals surface area contributed by atoms with E-state index in [1.54, 1.807) is 7.11 Å². The molecule has 29 heavy (non-hydrogen) atoms. The number of halogens is 1. The largest absolute Gasteiger partial charge is 0.497 e. The van der Waals surface area contributed by atoms with E-state index in [1.807, 2.05) is 43.4 Å². The van der Waals surface area contributed by atoms with Gasteiger partial charge in [0.25, 0.3) is 0 Å². The third kappa shape index (κ3) is 6.42. The number of nitrogens with zero attached hydrogens (tertiary/aromatic N) is 2. The maximum Gasteiger partial charge on any atom is 0.123 e. The van der Waals surface area contributed by atoms with Crippen LogP contribution in [0.15, 0.2) is 48.5 Å². The Labute approximate surface area is 172 Å². The van der Waals surface area contributed by atoms with Crippen LogP contribution in [0.2, 0.25) is 0 Å². The lowest BCUT2D eigenvalue weighted by molar-refractivity contribution is 0.0162. The molecule has 1 aliphatic rings. The second kappa shape index (κ2) is 10.1. The molecule has 1 N–H and O–H groups in total. The van der Waals surface area contributed by atoms with Gasteiger partial charge in [-0.1, -0.05) is 24.3 Å². The quantitative estimate of drug-likeness (QED) is 0.662. The Morgan fingerprint density at radius 3 is 2.38 bits per heavy atom. The molecule has 0 spiro atoms. The van der Waals surface area contributed by atoms with Gasteiger partial charge in [-0.25, -0.2) is 4.39 Å². The molecule has 0 unspecified atom stereocenters. The number of benzene rings is 2. The SMILES string of the molecule is COc1ccc(CN(C)C[C@]2(O)CCN(Cc3ccc(OCCF)cc3)C2)cc1. The van der Waals surface area contributed by atoms with Crippen molar-refractivity contribution in [2.24, 2.45) is 0 Å². The zero-order chi connectivity index (χ0) is 20.7. The predicted octanol–water partition coefficient (Wildman–Crippen LogP) is 3.11. The maximum absolute atomic E-state index is 12.2. The number of alkyl halides is 1. The highest BCUT2D eigenvalue weighted by molar-refractivity contribution is 5.28. The average molecular weight is 403 g/mol. The number of rotatable bonds is 10. The van der Waals surface area contributed by atoms with Crippen molar-refractivity contribution in [3.63, 3.8) is 0 Å². The van der Waals surface area contributed by atoms with Crippen LogP contribution in [0.1, 0.15) is 17.5 Å². The second-order valence-corrected chi connectivity index (χ2v) is 7.89. The van der Waals surface area contributed by atoms with Crippen LogP contribution < -0.4 is 9.47 Å². The highest BCUT2D eigenvalue weighted by Gasteiger charge is 2.36. The van der Waals surface area contributed by atoms with Gasteiger partial charge in [-0.2, -0.15) is 0 Å². The number of ether oxygens (including phenoxy) is 2. The number of likely N-dealkylation sites (N-methyl/N-ethyl adjacent to an activating group) is 1. The van der Waals surface area contributed by atoms with Crippen molar-refractivity contribution in [1.82, 2.24) is 9.80 Å². The molecule has 0 aliphatic carbocycles. The first-order chi connectivity index (χ1) is 14.0. The van der Waals surface area contributed by atoms with Crippen LogP contribution in [-0.2, 0) is 13.1 Å². The fraction of sp³-hybridized carbons (Fsp3) is 0.478. The minimum Gasteiger partial charge on any atom is -0.497 e.